The molecule has 10 heteroatoms. The van der Waals surface area contributed by atoms with Crippen LogP contribution in [0.4, 0.5) is 17.1 Å². The summed E-state index contributed by atoms with van der Waals surface area (Å²) in [6.07, 6.45) is 15.8. The lowest BCUT2D eigenvalue weighted by molar-refractivity contribution is 0.477. The SMILES string of the molecule is C1=CC(c2nc(-c3ccccc3)cc(-c3cc(-n4c5cccnc5c5ncccc54)c(N4c5ccccc5Oc5ccccc54)c(-n4c5cccnc5c5ncccc54)c3)n2)=CCC1. The maximum Gasteiger partial charge on any atom is 0.160 e. The molecule has 0 saturated carbocycles. The number of allylic oxidation sites excluding steroid dienone is 4. The smallest absolute Gasteiger partial charge is 0.160 e. The Morgan fingerprint density at radius 3 is 1.42 bits per heavy atom. The minimum Gasteiger partial charge on any atom is -0.453 e. The summed E-state index contributed by atoms with van der Waals surface area (Å²) < 4.78 is 11.3. The van der Waals surface area contributed by atoms with Crippen LogP contribution < -0.4 is 9.64 Å². The zero-order chi connectivity index (χ0) is 42.1. The van der Waals surface area contributed by atoms with Gasteiger partial charge in [-0.3, -0.25) is 24.8 Å². The first-order valence-electron chi connectivity index (χ1n) is 21.3. The van der Waals surface area contributed by atoms with E-state index >= 15 is 0 Å². The molecule has 0 N–H and O–H groups in total. The van der Waals surface area contributed by atoms with Crippen molar-refractivity contribution in [1.29, 1.82) is 0 Å². The predicted molar refractivity (Wildman–Crippen MR) is 254 cm³/mol. The highest BCUT2D eigenvalue weighted by Gasteiger charge is 2.33. The van der Waals surface area contributed by atoms with Gasteiger partial charge in [-0.1, -0.05) is 72.8 Å². The lowest BCUT2D eigenvalue weighted by Gasteiger charge is -2.36. The summed E-state index contributed by atoms with van der Waals surface area (Å²) in [5.74, 6) is 2.14. The van der Waals surface area contributed by atoms with Gasteiger partial charge in [-0.05, 0) is 104 Å². The fraction of sp³-hybridized carbons (Fsp3) is 0.0370. The molecule has 0 bridgehead atoms. The van der Waals surface area contributed by atoms with Gasteiger partial charge in [-0.15, -0.1) is 0 Å². The van der Waals surface area contributed by atoms with Gasteiger partial charge < -0.3 is 13.9 Å². The molecule has 0 saturated heterocycles. The average molecular weight is 826 g/mol. The summed E-state index contributed by atoms with van der Waals surface area (Å²) in [4.78, 5) is 32.7. The first-order chi connectivity index (χ1) is 31.8. The van der Waals surface area contributed by atoms with Crippen LogP contribution in [0, 0.1) is 0 Å². The quantitative estimate of drug-likeness (QED) is 0.163. The maximum absolute atomic E-state index is 6.67. The van der Waals surface area contributed by atoms with Crippen LogP contribution in [-0.2, 0) is 0 Å². The second-order valence-corrected chi connectivity index (χ2v) is 15.9. The van der Waals surface area contributed by atoms with Crippen LogP contribution in [0.1, 0.15) is 18.7 Å². The Morgan fingerprint density at radius 1 is 0.438 bits per heavy atom. The summed E-state index contributed by atoms with van der Waals surface area (Å²) in [5, 5.41) is 0. The van der Waals surface area contributed by atoms with Crippen molar-refractivity contribution in [2.75, 3.05) is 4.90 Å². The molecule has 64 heavy (non-hydrogen) atoms. The molecule has 4 aromatic carbocycles. The van der Waals surface area contributed by atoms with Crippen LogP contribution in [0.25, 0.3) is 83.6 Å². The lowest BCUT2D eigenvalue weighted by atomic mass is 10.0. The summed E-state index contributed by atoms with van der Waals surface area (Å²) in [5.41, 5.74) is 15.8. The van der Waals surface area contributed by atoms with E-state index in [-0.39, 0.29) is 0 Å². The van der Waals surface area contributed by atoms with Gasteiger partial charge in [0.05, 0.1) is 61.9 Å². The number of hydrogen-bond acceptors (Lipinski definition) is 8. The normalized spacial score (nSPS) is 13.3. The van der Waals surface area contributed by atoms with Crippen LogP contribution in [0.2, 0.25) is 0 Å². The summed E-state index contributed by atoms with van der Waals surface area (Å²) >= 11 is 0. The van der Waals surface area contributed by atoms with E-state index in [1.807, 2.05) is 91.5 Å². The van der Waals surface area contributed by atoms with Crippen molar-refractivity contribution >= 4 is 66.8 Å². The fourth-order valence-corrected chi connectivity index (χ4v) is 9.35. The molecule has 302 valence electrons. The fourth-order valence-electron chi connectivity index (χ4n) is 9.35. The standard InChI is InChI=1S/C54H35N9O/c1-3-15-34(16-4-1)37-33-38(60-54(59-37)35-17-5-2-6-18-35)36-31-45(61-41-21-11-27-55-49(41)50-42(61)22-12-28-56-50)53(63-39-19-7-9-25-47(39)64-48-26-10-8-20-40(48)63)46(32-36)62-43-23-13-29-57-51(43)52-44(62)24-14-30-58-52/h1,3-5,7-33H,2,6H2. The molecule has 1 aliphatic carbocycles. The third kappa shape index (κ3) is 5.59. The monoisotopic (exact) mass is 825 g/mol. The van der Waals surface area contributed by atoms with Crippen molar-refractivity contribution in [2.24, 2.45) is 0 Å². The maximum atomic E-state index is 6.67. The van der Waals surface area contributed by atoms with Crippen molar-refractivity contribution in [3.8, 4) is 45.4 Å². The van der Waals surface area contributed by atoms with Crippen LogP contribution >= 0.6 is 0 Å². The Balaban J connectivity index is 1.24. The Bertz CT molecular complexity index is 3450. The van der Waals surface area contributed by atoms with E-state index in [0.29, 0.717) is 5.82 Å². The van der Waals surface area contributed by atoms with Crippen molar-refractivity contribution in [1.82, 2.24) is 39.0 Å². The van der Waals surface area contributed by atoms with E-state index in [1.165, 1.54) is 0 Å². The predicted octanol–water partition coefficient (Wildman–Crippen LogP) is 12.9. The van der Waals surface area contributed by atoms with Gasteiger partial charge in [0.15, 0.2) is 17.3 Å². The lowest BCUT2D eigenvalue weighted by Crippen LogP contribution is -2.20. The molecule has 8 heterocycles. The summed E-state index contributed by atoms with van der Waals surface area (Å²) in [6, 6.07) is 49.8. The molecule has 13 rings (SSSR count). The van der Waals surface area contributed by atoms with Gasteiger partial charge in [0.25, 0.3) is 0 Å². The number of anilines is 3. The number of aromatic nitrogens is 8. The minimum absolute atomic E-state index is 0.672. The highest BCUT2D eigenvalue weighted by Crippen LogP contribution is 2.55. The molecule has 0 radical (unpaired) electrons. The van der Waals surface area contributed by atoms with E-state index in [9.17, 15) is 0 Å². The molecule has 0 amide bonds. The second kappa shape index (κ2) is 14.4. The third-order valence-corrected chi connectivity index (χ3v) is 12.1. The molecule has 2 aliphatic rings. The average Bonchev–Trinajstić information content (AvgIpc) is 3.89. The second-order valence-electron chi connectivity index (χ2n) is 15.9. The summed E-state index contributed by atoms with van der Waals surface area (Å²) in [7, 11) is 0. The molecule has 0 atom stereocenters. The van der Waals surface area contributed by atoms with Gasteiger partial charge in [-0.25, -0.2) is 9.97 Å². The number of benzene rings is 4. The van der Waals surface area contributed by atoms with Crippen LogP contribution in [0.5, 0.6) is 11.5 Å². The van der Waals surface area contributed by atoms with Gasteiger partial charge in [0.1, 0.15) is 22.1 Å². The van der Waals surface area contributed by atoms with Crippen LogP contribution in [0.3, 0.4) is 0 Å². The topological polar surface area (TPSA) is 99.7 Å². The highest BCUT2D eigenvalue weighted by molar-refractivity contribution is 6.09. The van der Waals surface area contributed by atoms with Crippen molar-refractivity contribution < 1.29 is 4.74 Å². The van der Waals surface area contributed by atoms with Crippen molar-refractivity contribution in [3.63, 3.8) is 0 Å². The summed E-state index contributed by atoms with van der Waals surface area (Å²) in [6.45, 7) is 0. The van der Waals surface area contributed by atoms with E-state index < -0.39 is 0 Å². The van der Waals surface area contributed by atoms with E-state index in [1.54, 1.807) is 0 Å². The third-order valence-electron chi connectivity index (χ3n) is 12.1. The molecule has 10 nitrogen and oxygen atoms in total. The molecule has 1 aliphatic heterocycles. The van der Waals surface area contributed by atoms with Crippen molar-refractivity contribution in [3.05, 3.63) is 194 Å². The molecular formula is C54H35N9O. The number of para-hydroxylation sites is 4. The van der Waals surface area contributed by atoms with Gasteiger partial charge in [0, 0.05) is 41.5 Å². The number of hydrogen-bond donors (Lipinski definition) is 0. The molecule has 0 spiro atoms. The van der Waals surface area contributed by atoms with Gasteiger partial charge in [0.2, 0.25) is 0 Å². The van der Waals surface area contributed by atoms with E-state index in [2.05, 4.69) is 111 Å². The van der Waals surface area contributed by atoms with Crippen LogP contribution in [-0.4, -0.2) is 39.0 Å². The molecule has 11 aromatic rings. The Labute approximate surface area is 366 Å². The molecular weight excluding hydrogens is 791 g/mol. The molecule has 0 fully saturated rings. The number of rotatable bonds is 6. The number of pyridine rings is 4. The van der Waals surface area contributed by atoms with Crippen LogP contribution in [0.15, 0.2) is 189 Å². The molecule has 7 aromatic heterocycles. The zero-order valence-corrected chi connectivity index (χ0v) is 34.2. The van der Waals surface area contributed by atoms with Gasteiger partial charge >= 0.3 is 0 Å². The Kier molecular flexibility index (Phi) is 8.10. The zero-order valence-electron chi connectivity index (χ0n) is 34.2. The Hall–Kier alpha value is -8.76. The first kappa shape index (κ1) is 35.9. The number of nitrogens with zero attached hydrogens (tertiary/aromatic N) is 9. The molecule has 0 unspecified atom stereocenters. The minimum atomic E-state index is 0.672. The van der Waals surface area contributed by atoms with E-state index in [4.69, 9.17) is 34.6 Å². The number of ether oxygens (including phenoxy) is 1. The number of fused-ring (bicyclic) bond motifs is 8. The van der Waals surface area contributed by atoms with Gasteiger partial charge in [-0.2, -0.15) is 0 Å². The first-order valence-corrected chi connectivity index (χ1v) is 21.3. The largest absolute Gasteiger partial charge is 0.453 e. The van der Waals surface area contributed by atoms with E-state index in [0.717, 1.165) is 125 Å². The van der Waals surface area contributed by atoms with Crippen molar-refractivity contribution in [2.45, 2.75) is 12.8 Å². The highest BCUT2D eigenvalue weighted by atomic mass is 16.5. The Morgan fingerprint density at radius 2 is 0.922 bits per heavy atom.